The zero-order valence-corrected chi connectivity index (χ0v) is 12.1. The van der Waals surface area contributed by atoms with Gasteiger partial charge in [-0.25, -0.2) is 0 Å². The average molecular weight is 315 g/mol. The van der Waals surface area contributed by atoms with Gasteiger partial charge in [0.25, 0.3) is 5.91 Å². The molecule has 2 rings (SSSR count). The number of thiophene rings is 1. The minimum Gasteiger partial charge on any atom is -0.406 e. The molecule has 0 atom stereocenters. The number of carbonyl (C=O) groups excluding carboxylic acids is 1. The van der Waals surface area contributed by atoms with E-state index in [9.17, 15) is 18.0 Å². The fourth-order valence-corrected chi connectivity index (χ4v) is 2.58. The lowest BCUT2D eigenvalue weighted by atomic mass is 10.2. The minimum absolute atomic E-state index is 0.241. The van der Waals surface area contributed by atoms with Crippen LogP contribution in [0.2, 0.25) is 0 Å². The standard InChI is InChI=1S/C14H12F3NO2S/c1-8-6-12(21-9(8)2)13(19)18-10-4-3-5-11(7-10)20-14(15,16)17/h3-7H,1-2H3,(H,18,19). The second kappa shape index (κ2) is 5.77. The van der Waals surface area contributed by atoms with Crippen molar-refractivity contribution in [1.29, 1.82) is 0 Å². The van der Waals surface area contributed by atoms with Crippen LogP contribution in [0.3, 0.4) is 0 Å². The number of halogens is 3. The van der Waals surface area contributed by atoms with E-state index in [1.54, 1.807) is 6.07 Å². The molecule has 0 unspecified atom stereocenters. The first-order chi connectivity index (χ1) is 9.74. The molecule has 112 valence electrons. The van der Waals surface area contributed by atoms with E-state index < -0.39 is 6.36 Å². The molecule has 0 radical (unpaired) electrons. The lowest BCUT2D eigenvalue weighted by Gasteiger charge is -2.10. The number of nitrogens with one attached hydrogen (secondary N) is 1. The number of amides is 1. The summed E-state index contributed by atoms with van der Waals surface area (Å²) in [5.41, 5.74) is 1.24. The van der Waals surface area contributed by atoms with Crippen LogP contribution in [0.5, 0.6) is 5.75 Å². The van der Waals surface area contributed by atoms with Crippen molar-refractivity contribution >= 4 is 22.9 Å². The highest BCUT2D eigenvalue weighted by molar-refractivity contribution is 7.14. The van der Waals surface area contributed by atoms with Crippen LogP contribution in [0.4, 0.5) is 18.9 Å². The summed E-state index contributed by atoms with van der Waals surface area (Å²) in [7, 11) is 0. The lowest BCUT2D eigenvalue weighted by molar-refractivity contribution is -0.274. The Hall–Kier alpha value is -2.02. The maximum Gasteiger partial charge on any atom is 0.573 e. The van der Waals surface area contributed by atoms with E-state index in [4.69, 9.17) is 0 Å². The number of benzene rings is 1. The Morgan fingerprint density at radius 3 is 2.52 bits per heavy atom. The highest BCUT2D eigenvalue weighted by atomic mass is 32.1. The molecule has 1 heterocycles. The molecule has 0 aliphatic heterocycles. The molecule has 1 N–H and O–H groups in total. The van der Waals surface area contributed by atoms with Crippen molar-refractivity contribution in [3.63, 3.8) is 0 Å². The van der Waals surface area contributed by atoms with Crippen LogP contribution in [0.1, 0.15) is 20.1 Å². The summed E-state index contributed by atoms with van der Waals surface area (Å²) in [6, 6.07) is 6.91. The van der Waals surface area contributed by atoms with E-state index in [1.807, 2.05) is 13.8 Å². The van der Waals surface area contributed by atoms with Gasteiger partial charge in [-0.1, -0.05) is 6.07 Å². The number of ether oxygens (including phenoxy) is 1. The van der Waals surface area contributed by atoms with Crippen LogP contribution in [-0.4, -0.2) is 12.3 Å². The molecule has 7 heteroatoms. The fourth-order valence-electron chi connectivity index (χ4n) is 1.65. The molecule has 0 aliphatic carbocycles. The number of hydrogen-bond acceptors (Lipinski definition) is 3. The van der Waals surface area contributed by atoms with Crippen LogP contribution < -0.4 is 10.1 Å². The van der Waals surface area contributed by atoms with E-state index >= 15 is 0 Å². The molecule has 0 spiro atoms. The van der Waals surface area contributed by atoms with Crippen LogP contribution in [0.25, 0.3) is 0 Å². The monoisotopic (exact) mass is 315 g/mol. The van der Waals surface area contributed by atoms with Gasteiger partial charge in [0.05, 0.1) is 4.88 Å². The van der Waals surface area contributed by atoms with E-state index in [1.165, 1.54) is 29.5 Å². The van der Waals surface area contributed by atoms with Gasteiger partial charge in [0.15, 0.2) is 0 Å². The van der Waals surface area contributed by atoms with Gasteiger partial charge < -0.3 is 10.1 Å². The number of hydrogen-bond donors (Lipinski definition) is 1. The first-order valence-electron chi connectivity index (χ1n) is 5.99. The molecule has 1 amide bonds. The van der Waals surface area contributed by atoms with Gasteiger partial charge in [0, 0.05) is 16.6 Å². The van der Waals surface area contributed by atoms with E-state index in [0.29, 0.717) is 4.88 Å². The molecule has 1 aromatic carbocycles. The number of alkyl halides is 3. The lowest BCUT2D eigenvalue weighted by Crippen LogP contribution is -2.17. The average Bonchev–Trinajstić information content (AvgIpc) is 2.68. The Kier molecular flexibility index (Phi) is 4.22. The Morgan fingerprint density at radius 1 is 1.24 bits per heavy atom. The maximum absolute atomic E-state index is 12.1. The normalized spacial score (nSPS) is 11.3. The van der Waals surface area contributed by atoms with Gasteiger partial charge in [-0.05, 0) is 37.6 Å². The molecule has 0 aliphatic rings. The first-order valence-corrected chi connectivity index (χ1v) is 6.80. The molecular weight excluding hydrogens is 303 g/mol. The second-order valence-electron chi connectivity index (χ2n) is 4.38. The van der Waals surface area contributed by atoms with E-state index in [-0.39, 0.29) is 17.3 Å². The molecule has 1 aromatic heterocycles. The van der Waals surface area contributed by atoms with Crippen molar-refractivity contribution in [1.82, 2.24) is 0 Å². The van der Waals surface area contributed by atoms with Crippen LogP contribution in [0.15, 0.2) is 30.3 Å². The van der Waals surface area contributed by atoms with Gasteiger partial charge in [-0.3, -0.25) is 4.79 Å². The van der Waals surface area contributed by atoms with Crippen molar-refractivity contribution in [2.45, 2.75) is 20.2 Å². The van der Waals surface area contributed by atoms with Crippen molar-refractivity contribution in [2.24, 2.45) is 0 Å². The molecule has 0 saturated carbocycles. The smallest absolute Gasteiger partial charge is 0.406 e. The molecule has 2 aromatic rings. The summed E-state index contributed by atoms with van der Waals surface area (Å²) in [4.78, 5) is 13.5. The molecule has 0 saturated heterocycles. The summed E-state index contributed by atoms with van der Waals surface area (Å²) in [5.74, 6) is -0.737. The third kappa shape index (κ3) is 4.22. The number of anilines is 1. The minimum atomic E-state index is -4.76. The summed E-state index contributed by atoms with van der Waals surface area (Å²) >= 11 is 1.33. The highest BCUT2D eigenvalue weighted by Gasteiger charge is 2.31. The van der Waals surface area contributed by atoms with Gasteiger partial charge in [-0.15, -0.1) is 24.5 Å². The SMILES string of the molecule is Cc1cc(C(=O)Nc2cccc(OC(F)(F)F)c2)sc1C. The van der Waals surface area contributed by atoms with Gasteiger partial charge in [0.1, 0.15) is 5.75 Å². The van der Waals surface area contributed by atoms with Crippen LogP contribution >= 0.6 is 11.3 Å². The topological polar surface area (TPSA) is 38.3 Å². The fraction of sp³-hybridized carbons (Fsp3) is 0.214. The van der Waals surface area contributed by atoms with Gasteiger partial charge in [-0.2, -0.15) is 0 Å². The molecule has 0 fully saturated rings. The predicted octanol–water partition coefficient (Wildman–Crippen LogP) is 4.52. The Balaban J connectivity index is 2.12. The van der Waals surface area contributed by atoms with Crippen molar-refractivity contribution in [3.8, 4) is 5.75 Å². The molecular formula is C14H12F3NO2S. The Morgan fingerprint density at radius 2 is 1.95 bits per heavy atom. The third-order valence-electron chi connectivity index (χ3n) is 2.72. The largest absolute Gasteiger partial charge is 0.573 e. The van der Waals surface area contributed by atoms with Gasteiger partial charge in [0.2, 0.25) is 0 Å². The third-order valence-corrected chi connectivity index (χ3v) is 3.87. The van der Waals surface area contributed by atoms with E-state index in [2.05, 4.69) is 10.1 Å². The van der Waals surface area contributed by atoms with Gasteiger partial charge >= 0.3 is 6.36 Å². The van der Waals surface area contributed by atoms with Crippen molar-refractivity contribution in [2.75, 3.05) is 5.32 Å². The predicted molar refractivity (Wildman–Crippen MR) is 74.9 cm³/mol. The van der Waals surface area contributed by atoms with Crippen molar-refractivity contribution < 1.29 is 22.7 Å². The summed E-state index contributed by atoms with van der Waals surface area (Å²) in [6.45, 7) is 3.79. The second-order valence-corrected chi connectivity index (χ2v) is 5.64. The summed E-state index contributed by atoms with van der Waals surface area (Å²) in [6.07, 6.45) is -4.76. The molecule has 21 heavy (non-hydrogen) atoms. The number of rotatable bonds is 3. The Bertz CT molecular complexity index is 645. The molecule has 3 nitrogen and oxygen atoms in total. The zero-order valence-electron chi connectivity index (χ0n) is 11.2. The molecule has 0 bridgehead atoms. The first kappa shape index (κ1) is 15.4. The summed E-state index contributed by atoms with van der Waals surface area (Å²) < 4.78 is 40.2. The maximum atomic E-state index is 12.1. The summed E-state index contributed by atoms with van der Waals surface area (Å²) in [5, 5.41) is 2.55. The van der Waals surface area contributed by atoms with Crippen molar-refractivity contribution in [3.05, 3.63) is 45.6 Å². The van der Waals surface area contributed by atoms with Crippen LogP contribution in [-0.2, 0) is 0 Å². The zero-order chi connectivity index (χ0) is 15.6. The highest BCUT2D eigenvalue weighted by Crippen LogP contribution is 2.26. The number of aryl methyl sites for hydroxylation is 2. The van der Waals surface area contributed by atoms with Crippen LogP contribution in [0, 0.1) is 13.8 Å². The Labute approximate surface area is 123 Å². The quantitative estimate of drug-likeness (QED) is 0.904. The van der Waals surface area contributed by atoms with E-state index in [0.717, 1.165) is 16.5 Å². The number of carbonyl (C=O) groups is 1.